The summed E-state index contributed by atoms with van der Waals surface area (Å²) in [5.41, 5.74) is 2.47. The van der Waals surface area contributed by atoms with Gasteiger partial charge in [-0.25, -0.2) is 0 Å². The first-order chi connectivity index (χ1) is 8.48. The third-order valence-corrected chi connectivity index (χ3v) is 4.58. The number of aromatic amines is 1. The zero-order valence-corrected chi connectivity index (χ0v) is 12.3. The average Bonchev–Trinajstić information content (AvgIpc) is 2.66. The maximum absolute atomic E-state index is 9.10. The van der Waals surface area contributed by atoms with Crippen LogP contribution in [0.4, 0.5) is 0 Å². The molecule has 3 nitrogen and oxygen atoms in total. The second kappa shape index (κ2) is 4.79. The van der Waals surface area contributed by atoms with Gasteiger partial charge >= 0.3 is 0 Å². The Bertz CT molecular complexity index is 674. The minimum absolute atomic E-state index is 0.107. The van der Waals surface area contributed by atoms with E-state index in [0.29, 0.717) is 10.3 Å². The van der Waals surface area contributed by atoms with Gasteiger partial charge in [-0.2, -0.15) is 17.0 Å². The fraction of sp³-hybridized carbons (Fsp3) is 0.385. The van der Waals surface area contributed by atoms with Crippen molar-refractivity contribution in [2.24, 2.45) is 0 Å². The molecule has 18 heavy (non-hydrogen) atoms. The third kappa shape index (κ3) is 2.31. The lowest BCUT2D eigenvalue weighted by Gasteiger charge is -2.22. The number of imidazole rings is 1. The van der Waals surface area contributed by atoms with E-state index in [4.69, 9.17) is 17.5 Å². The molecule has 2 rings (SSSR count). The average molecular weight is 277 g/mol. The number of fused-ring (bicyclic) bond motifs is 1. The summed E-state index contributed by atoms with van der Waals surface area (Å²) in [5, 5.41) is 9.10. The Morgan fingerprint density at radius 3 is 2.83 bits per heavy atom. The quantitative estimate of drug-likeness (QED) is 0.870. The number of thioether (sulfide) groups is 1. The van der Waals surface area contributed by atoms with Gasteiger partial charge in [0.1, 0.15) is 6.07 Å². The number of benzene rings is 1. The Kier molecular flexibility index (Phi) is 3.51. The molecule has 1 aromatic carbocycles. The van der Waals surface area contributed by atoms with Crippen LogP contribution < -0.4 is 0 Å². The summed E-state index contributed by atoms with van der Waals surface area (Å²) in [6, 6.07) is 7.89. The van der Waals surface area contributed by atoms with Crippen molar-refractivity contribution in [1.82, 2.24) is 9.55 Å². The lowest BCUT2D eigenvalue weighted by atomic mass is 10.2. The molecule has 0 atom stereocenters. The van der Waals surface area contributed by atoms with Crippen molar-refractivity contribution in [3.05, 3.63) is 28.5 Å². The van der Waals surface area contributed by atoms with Gasteiger partial charge in [0.15, 0.2) is 4.77 Å². The number of aromatic nitrogens is 2. The second-order valence-corrected chi connectivity index (χ2v) is 6.69. The van der Waals surface area contributed by atoms with Gasteiger partial charge in [-0.3, -0.25) is 0 Å². The van der Waals surface area contributed by atoms with Gasteiger partial charge in [-0.1, -0.05) is 6.07 Å². The third-order valence-electron chi connectivity index (χ3n) is 3.02. The van der Waals surface area contributed by atoms with E-state index in [-0.39, 0.29) is 4.75 Å². The van der Waals surface area contributed by atoms with Crippen LogP contribution in [0.1, 0.15) is 19.4 Å². The number of para-hydroxylation sites is 1. The Morgan fingerprint density at radius 2 is 2.22 bits per heavy atom. The minimum Gasteiger partial charge on any atom is -0.329 e. The van der Waals surface area contributed by atoms with Crippen LogP contribution in [0.25, 0.3) is 11.0 Å². The van der Waals surface area contributed by atoms with Gasteiger partial charge < -0.3 is 9.55 Å². The van der Waals surface area contributed by atoms with Crippen molar-refractivity contribution in [3.63, 3.8) is 0 Å². The molecule has 2 aromatic rings. The standard InChI is InChI=1S/C13H15N3S2/c1-13(2,18-3)8-16-10-6-4-5-9(7-14)11(10)15-12(16)17/h4-6H,8H2,1-3H3,(H,15,17). The topological polar surface area (TPSA) is 44.5 Å². The van der Waals surface area contributed by atoms with Gasteiger partial charge in [-0.15, -0.1) is 0 Å². The molecule has 0 fully saturated rings. The normalized spacial score (nSPS) is 11.7. The number of hydrogen-bond acceptors (Lipinski definition) is 3. The highest BCUT2D eigenvalue weighted by atomic mass is 32.2. The molecule has 0 spiro atoms. The van der Waals surface area contributed by atoms with Crippen molar-refractivity contribution in [2.75, 3.05) is 6.26 Å². The van der Waals surface area contributed by atoms with Gasteiger partial charge in [0, 0.05) is 11.3 Å². The van der Waals surface area contributed by atoms with Crippen LogP contribution in [0, 0.1) is 16.1 Å². The van der Waals surface area contributed by atoms with E-state index in [1.807, 2.05) is 12.1 Å². The zero-order chi connectivity index (χ0) is 13.3. The number of H-pyrrole nitrogens is 1. The van der Waals surface area contributed by atoms with Gasteiger partial charge in [-0.05, 0) is 44.5 Å². The molecular weight excluding hydrogens is 262 g/mol. The molecular formula is C13H15N3S2. The summed E-state index contributed by atoms with van der Waals surface area (Å²) in [4.78, 5) is 3.14. The van der Waals surface area contributed by atoms with E-state index in [2.05, 4.69) is 35.7 Å². The van der Waals surface area contributed by atoms with Gasteiger partial charge in [0.05, 0.1) is 16.6 Å². The molecule has 94 valence electrons. The van der Waals surface area contributed by atoms with E-state index in [9.17, 15) is 0 Å². The minimum atomic E-state index is 0.107. The molecule has 0 unspecified atom stereocenters. The van der Waals surface area contributed by atoms with E-state index in [0.717, 1.165) is 17.6 Å². The molecule has 0 aliphatic rings. The maximum atomic E-state index is 9.10. The lowest BCUT2D eigenvalue weighted by Crippen LogP contribution is -2.22. The van der Waals surface area contributed by atoms with Crippen molar-refractivity contribution >= 4 is 35.0 Å². The first-order valence-electron chi connectivity index (χ1n) is 5.65. The SMILES string of the molecule is CSC(C)(C)Cn1c(=S)[nH]c2c(C#N)cccc21. The fourth-order valence-corrected chi connectivity index (χ4v) is 2.40. The van der Waals surface area contributed by atoms with Crippen LogP contribution in [0.5, 0.6) is 0 Å². The molecule has 5 heteroatoms. The summed E-state index contributed by atoms with van der Waals surface area (Å²) in [7, 11) is 0. The van der Waals surface area contributed by atoms with Crippen LogP contribution in [0.3, 0.4) is 0 Å². The van der Waals surface area contributed by atoms with Crippen molar-refractivity contribution in [1.29, 1.82) is 5.26 Å². The van der Waals surface area contributed by atoms with Crippen LogP contribution in [-0.2, 0) is 6.54 Å². The molecule has 0 saturated carbocycles. The van der Waals surface area contributed by atoms with Crippen LogP contribution in [-0.4, -0.2) is 20.6 Å². The summed E-state index contributed by atoms with van der Waals surface area (Å²) in [6.07, 6.45) is 2.10. The number of nitriles is 1. The van der Waals surface area contributed by atoms with E-state index < -0.39 is 0 Å². The van der Waals surface area contributed by atoms with E-state index in [1.165, 1.54) is 0 Å². The van der Waals surface area contributed by atoms with Crippen molar-refractivity contribution < 1.29 is 0 Å². The Balaban J connectivity index is 2.63. The van der Waals surface area contributed by atoms with Crippen molar-refractivity contribution in [2.45, 2.75) is 25.1 Å². The van der Waals surface area contributed by atoms with Crippen LogP contribution >= 0.6 is 24.0 Å². The van der Waals surface area contributed by atoms with Gasteiger partial charge in [0.2, 0.25) is 0 Å². The molecule has 0 bridgehead atoms. The first-order valence-corrected chi connectivity index (χ1v) is 7.28. The Hall–Kier alpha value is -1.25. The summed E-state index contributed by atoms with van der Waals surface area (Å²) in [6.45, 7) is 5.20. The first kappa shape index (κ1) is 13.2. The molecule has 0 saturated heterocycles. The monoisotopic (exact) mass is 277 g/mol. The summed E-state index contributed by atoms with van der Waals surface area (Å²) in [5.74, 6) is 0. The van der Waals surface area contributed by atoms with E-state index >= 15 is 0 Å². The molecule has 0 aliphatic carbocycles. The Morgan fingerprint density at radius 1 is 1.50 bits per heavy atom. The second-order valence-electron chi connectivity index (χ2n) is 4.79. The highest BCUT2D eigenvalue weighted by Gasteiger charge is 2.19. The number of nitrogens with zero attached hydrogens (tertiary/aromatic N) is 2. The molecule has 1 aromatic heterocycles. The summed E-state index contributed by atoms with van der Waals surface area (Å²) < 4.78 is 2.85. The molecule has 1 heterocycles. The molecule has 1 N–H and O–H groups in total. The van der Waals surface area contributed by atoms with Crippen LogP contribution in [0.2, 0.25) is 0 Å². The number of rotatable bonds is 3. The van der Waals surface area contributed by atoms with Gasteiger partial charge in [0.25, 0.3) is 0 Å². The largest absolute Gasteiger partial charge is 0.329 e. The molecule has 0 aliphatic heterocycles. The zero-order valence-electron chi connectivity index (χ0n) is 10.7. The van der Waals surface area contributed by atoms with E-state index in [1.54, 1.807) is 17.8 Å². The predicted molar refractivity (Wildman–Crippen MR) is 79.4 cm³/mol. The predicted octanol–water partition coefficient (Wildman–Crippen LogP) is 3.71. The summed E-state index contributed by atoms with van der Waals surface area (Å²) >= 11 is 7.17. The highest BCUT2D eigenvalue weighted by Crippen LogP contribution is 2.26. The highest BCUT2D eigenvalue weighted by molar-refractivity contribution is 7.99. The Labute approximate surface area is 116 Å². The molecule has 0 amide bonds. The maximum Gasteiger partial charge on any atom is 0.178 e. The van der Waals surface area contributed by atoms with Crippen LogP contribution in [0.15, 0.2) is 18.2 Å². The number of hydrogen-bond donors (Lipinski definition) is 1. The van der Waals surface area contributed by atoms with Crippen molar-refractivity contribution in [3.8, 4) is 6.07 Å². The lowest BCUT2D eigenvalue weighted by molar-refractivity contribution is 0.575. The molecule has 0 radical (unpaired) electrons. The fourth-order valence-electron chi connectivity index (χ4n) is 1.88. The number of nitrogens with one attached hydrogen (secondary N) is 1. The smallest absolute Gasteiger partial charge is 0.178 e.